The van der Waals surface area contributed by atoms with Crippen LogP contribution >= 0.6 is 0 Å². The highest BCUT2D eigenvalue weighted by atomic mass is 16.4. The molecule has 0 aliphatic carbocycles. The van der Waals surface area contributed by atoms with Gasteiger partial charge < -0.3 is 10.0 Å². The molecule has 0 aromatic heterocycles. The first-order chi connectivity index (χ1) is 9.10. The third-order valence-corrected chi connectivity index (χ3v) is 2.64. The predicted molar refractivity (Wildman–Crippen MR) is 74.1 cm³/mol. The van der Waals surface area contributed by atoms with Gasteiger partial charge in [-0.2, -0.15) is 0 Å². The molecule has 0 saturated heterocycles. The highest BCUT2D eigenvalue weighted by molar-refractivity contribution is 5.91. The first kappa shape index (κ1) is 14.7. The standard InChI is InChI=1S/C15H17NO3/c1-3-9-16(10-4-2)14(17)11-12-7-5-6-8-13(12)15(18)19/h3-8H,1-2,9-11H2,(H,18,19). The molecule has 4 nitrogen and oxygen atoms in total. The maximum absolute atomic E-state index is 12.1. The van der Waals surface area contributed by atoms with Crippen LogP contribution in [0.3, 0.4) is 0 Å². The molecule has 19 heavy (non-hydrogen) atoms. The zero-order valence-electron chi connectivity index (χ0n) is 10.7. The maximum atomic E-state index is 12.1. The molecule has 1 aromatic rings. The van der Waals surface area contributed by atoms with E-state index in [1.807, 2.05) is 0 Å². The molecule has 0 unspecified atom stereocenters. The quantitative estimate of drug-likeness (QED) is 0.763. The normalized spacial score (nSPS) is 9.68. The summed E-state index contributed by atoms with van der Waals surface area (Å²) in [5.74, 6) is -1.17. The zero-order valence-corrected chi connectivity index (χ0v) is 10.7. The molecule has 100 valence electrons. The number of aromatic carboxylic acids is 1. The number of benzene rings is 1. The molecule has 0 atom stereocenters. The molecule has 4 heteroatoms. The van der Waals surface area contributed by atoms with Crippen molar-refractivity contribution in [2.45, 2.75) is 6.42 Å². The van der Waals surface area contributed by atoms with Crippen molar-refractivity contribution in [2.24, 2.45) is 0 Å². The van der Waals surface area contributed by atoms with E-state index in [2.05, 4.69) is 13.2 Å². The molecular weight excluding hydrogens is 242 g/mol. The molecule has 0 bridgehead atoms. The Labute approximate surface area is 112 Å². The van der Waals surface area contributed by atoms with Crippen LogP contribution in [0.5, 0.6) is 0 Å². The van der Waals surface area contributed by atoms with Crippen molar-refractivity contribution in [3.05, 3.63) is 60.7 Å². The van der Waals surface area contributed by atoms with Gasteiger partial charge in [0.05, 0.1) is 12.0 Å². The van der Waals surface area contributed by atoms with Crippen LogP contribution in [0, 0.1) is 0 Å². The van der Waals surface area contributed by atoms with Crippen molar-refractivity contribution in [3.63, 3.8) is 0 Å². The van der Waals surface area contributed by atoms with Crippen LogP contribution in [0.4, 0.5) is 0 Å². The first-order valence-electron chi connectivity index (χ1n) is 5.91. The van der Waals surface area contributed by atoms with Crippen molar-refractivity contribution >= 4 is 11.9 Å². The smallest absolute Gasteiger partial charge is 0.335 e. The third-order valence-electron chi connectivity index (χ3n) is 2.64. The summed E-state index contributed by atoms with van der Waals surface area (Å²) < 4.78 is 0. The summed E-state index contributed by atoms with van der Waals surface area (Å²) in [6, 6.07) is 6.51. The minimum Gasteiger partial charge on any atom is -0.478 e. The second-order valence-electron chi connectivity index (χ2n) is 4.02. The van der Waals surface area contributed by atoms with E-state index >= 15 is 0 Å². The molecule has 0 fully saturated rings. The molecule has 1 aromatic carbocycles. The number of carbonyl (C=O) groups is 2. The van der Waals surface area contributed by atoms with Gasteiger partial charge in [0.15, 0.2) is 0 Å². The van der Waals surface area contributed by atoms with Gasteiger partial charge in [0, 0.05) is 13.1 Å². The summed E-state index contributed by atoms with van der Waals surface area (Å²) in [5.41, 5.74) is 0.672. The fourth-order valence-electron chi connectivity index (χ4n) is 1.75. The predicted octanol–water partition coefficient (Wildman–Crippen LogP) is 2.13. The lowest BCUT2D eigenvalue weighted by atomic mass is 10.0. The molecule has 0 radical (unpaired) electrons. The van der Waals surface area contributed by atoms with Crippen molar-refractivity contribution in [1.82, 2.24) is 4.90 Å². The van der Waals surface area contributed by atoms with Crippen LogP contribution in [0.15, 0.2) is 49.6 Å². The molecule has 1 amide bonds. The number of rotatable bonds is 7. The highest BCUT2D eigenvalue weighted by Crippen LogP contribution is 2.11. The number of nitrogens with zero attached hydrogens (tertiary/aromatic N) is 1. The lowest BCUT2D eigenvalue weighted by Crippen LogP contribution is -2.32. The summed E-state index contributed by atoms with van der Waals surface area (Å²) in [6.07, 6.45) is 3.32. The van der Waals surface area contributed by atoms with Gasteiger partial charge in [-0.05, 0) is 11.6 Å². The molecule has 0 spiro atoms. The summed E-state index contributed by atoms with van der Waals surface area (Å²) >= 11 is 0. The van der Waals surface area contributed by atoms with Gasteiger partial charge in [0.25, 0.3) is 0 Å². The van der Waals surface area contributed by atoms with E-state index in [1.165, 1.54) is 6.07 Å². The summed E-state index contributed by atoms with van der Waals surface area (Å²) in [4.78, 5) is 24.7. The summed E-state index contributed by atoms with van der Waals surface area (Å²) in [5, 5.41) is 9.07. The molecule has 0 aliphatic heterocycles. The Morgan fingerprint density at radius 3 is 2.26 bits per heavy atom. The fraction of sp³-hybridized carbons (Fsp3) is 0.200. The Kier molecular flexibility index (Phi) is 5.54. The van der Waals surface area contributed by atoms with Crippen molar-refractivity contribution in [3.8, 4) is 0 Å². The van der Waals surface area contributed by atoms with Crippen molar-refractivity contribution in [1.29, 1.82) is 0 Å². The van der Waals surface area contributed by atoms with Crippen LogP contribution in [-0.2, 0) is 11.2 Å². The molecule has 1 N–H and O–H groups in total. The summed E-state index contributed by atoms with van der Waals surface area (Å²) in [7, 11) is 0. The van der Waals surface area contributed by atoms with E-state index in [9.17, 15) is 9.59 Å². The van der Waals surface area contributed by atoms with Gasteiger partial charge in [-0.3, -0.25) is 4.79 Å². The molecule has 1 rings (SSSR count). The maximum Gasteiger partial charge on any atom is 0.335 e. The van der Waals surface area contributed by atoms with Crippen molar-refractivity contribution < 1.29 is 14.7 Å². The first-order valence-corrected chi connectivity index (χ1v) is 5.91. The highest BCUT2D eigenvalue weighted by Gasteiger charge is 2.16. The third kappa shape index (κ3) is 4.10. The minimum atomic E-state index is -1.03. The lowest BCUT2D eigenvalue weighted by molar-refractivity contribution is -0.129. The van der Waals surface area contributed by atoms with E-state index in [4.69, 9.17) is 5.11 Å². The van der Waals surface area contributed by atoms with Crippen LogP contribution in [-0.4, -0.2) is 35.0 Å². The SMILES string of the molecule is C=CCN(CC=C)C(=O)Cc1ccccc1C(=O)O. The van der Waals surface area contributed by atoms with E-state index < -0.39 is 5.97 Å². The second-order valence-corrected chi connectivity index (χ2v) is 4.02. The number of carboxylic acids is 1. The lowest BCUT2D eigenvalue weighted by Gasteiger charge is -2.19. The topological polar surface area (TPSA) is 57.6 Å². The van der Waals surface area contributed by atoms with Gasteiger partial charge >= 0.3 is 5.97 Å². The Balaban J connectivity index is 2.88. The van der Waals surface area contributed by atoms with E-state index in [0.29, 0.717) is 18.7 Å². The van der Waals surface area contributed by atoms with Crippen LogP contribution < -0.4 is 0 Å². The molecule has 0 heterocycles. The molecular formula is C15H17NO3. The average Bonchev–Trinajstić information content (AvgIpc) is 2.38. The zero-order chi connectivity index (χ0) is 14.3. The second kappa shape index (κ2) is 7.16. The van der Waals surface area contributed by atoms with E-state index in [0.717, 1.165) is 0 Å². The van der Waals surface area contributed by atoms with Gasteiger partial charge in [-0.25, -0.2) is 4.79 Å². The Hall–Kier alpha value is -2.36. The largest absolute Gasteiger partial charge is 0.478 e. The Morgan fingerprint density at radius 1 is 1.16 bits per heavy atom. The monoisotopic (exact) mass is 259 g/mol. The van der Waals surface area contributed by atoms with Gasteiger partial charge in [-0.15, -0.1) is 13.2 Å². The van der Waals surface area contributed by atoms with Gasteiger partial charge in [0.2, 0.25) is 5.91 Å². The molecule has 0 aliphatic rings. The number of carboxylic acid groups (broad SMARTS) is 1. The van der Waals surface area contributed by atoms with E-state index in [-0.39, 0.29) is 17.9 Å². The van der Waals surface area contributed by atoms with E-state index in [1.54, 1.807) is 35.3 Å². The number of amides is 1. The Bertz CT molecular complexity index is 484. The number of carbonyl (C=O) groups excluding carboxylic acids is 1. The van der Waals surface area contributed by atoms with Crippen LogP contribution in [0.25, 0.3) is 0 Å². The van der Waals surface area contributed by atoms with Gasteiger partial charge in [-0.1, -0.05) is 30.4 Å². The summed E-state index contributed by atoms with van der Waals surface area (Å²) in [6.45, 7) is 8.02. The minimum absolute atomic E-state index is 0.0597. The fourth-order valence-corrected chi connectivity index (χ4v) is 1.75. The molecule has 0 saturated carbocycles. The average molecular weight is 259 g/mol. The van der Waals surface area contributed by atoms with Crippen LogP contribution in [0.2, 0.25) is 0 Å². The van der Waals surface area contributed by atoms with Gasteiger partial charge in [0.1, 0.15) is 0 Å². The number of hydrogen-bond acceptors (Lipinski definition) is 2. The Morgan fingerprint density at radius 2 is 1.74 bits per heavy atom. The number of hydrogen-bond donors (Lipinski definition) is 1. The van der Waals surface area contributed by atoms with Crippen LogP contribution in [0.1, 0.15) is 15.9 Å². The van der Waals surface area contributed by atoms with Crippen molar-refractivity contribution in [2.75, 3.05) is 13.1 Å².